The monoisotopic (exact) mass is 280 g/mol. The summed E-state index contributed by atoms with van der Waals surface area (Å²) < 4.78 is 0. The predicted octanol–water partition coefficient (Wildman–Crippen LogP) is 3.91. The standard InChI is InChI=1S/C18H36N2/c1-4-6-17-9-12-20(13-17)15-18(14-19-5-2)10-7-16(3)8-11-18/h16-17,19H,4-15H2,1-3H3. The van der Waals surface area contributed by atoms with Crippen molar-refractivity contribution in [3.05, 3.63) is 0 Å². The summed E-state index contributed by atoms with van der Waals surface area (Å²) in [4.78, 5) is 2.79. The Balaban J connectivity index is 1.87. The number of nitrogens with zero attached hydrogens (tertiary/aromatic N) is 1. The van der Waals surface area contributed by atoms with Gasteiger partial charge >= 0.3 is 0 Å². The maximum Gasteiger partial charge on any atom is 0.00503 e. The van der Waals surface area contributed by atoms with E-state index in [0.717, 1.165) is 18.4 Å². The normalized spacial score (nSPS) is 35.5. The lowest BCUT2D eigenvalue weighted by molar-refractivity contribution is 0.0966. The molecule has 0 aromatic heterocycles. The zero-order valence-corrected chi connectivity index (χ0v) is 14.1. The van der Waals surface area contributed by atoms with Gasteiger partial charge in [-0.3, -0.25) is 0 Å². The van der Waals surface area contributed by atoms with Gasteiger partial charge in [0.25, 0.3) is 0 Å². The van der Waals surface area contributed by atoms with Crippen LogP contribution in [0.3, 0.4) is 0 Å². The summed E-state index contributed by atoms with van der Waals surface area (Å²) in [6.45, 7) is 13.5. The van der Waals surface area contributed by atoms with Gasteiger partial charge in [0.2, 0.25) is 0 Å². The molecule has 2 heteroatoms. The van der Waals surface area contributed by atoms with Crippen LogP contribution in [0.2, 0.25) is 0 Å². The summed E-state index contributed by atoms with van der Waals surface area (Å²) in [5.41, 5.74) is 0.573. The van der Waals surface area contributed by atoms with Gasteiger partial charge in [-0.1, -0.05) is 40.0 Å². The third kappa shape index (κ3) is 4.46. The van der Waals surface area contributed by atoms with Gasteiger partial charge in [-0.05, 0) is 56.0 Å². The minimum Gasteiger partial charge on any atom is -0.316 e. The van der Waals surface area contributed by atoms with E-state index in [2.05, 4.69) is 31.0 Å². The second kappa shape index (κ2) is 7.79. The van der Waals surface area contributed by atoms with Crippen LogP contribution in [0.1, 0.15) is 65.7 Å². The van der Waals surface area contributed by atoms with E-state index in [-0.39, 0.29) is 0 Å². The third-order valence-electron chi connectivity index (χ3n) is 5.71. The van der Waals surface area contributed by atoms with Crippen molar-refractivity contribution >= 4 is 0 Å². The summed E-state index contributed by atoms with van der Waals surface area (Å²) in [6.07, 6.45) is 10.0. The lowest BCUT2D eigenvalue weighted by Gasteiger charge is -2.42. The predicted molar refractivity (Wildman–Crippen MR) is 88.1 cm³/mol. The number of hydrogen-bond acceptors (Lipinski definition) is 2. The Morgan fingerprint density at radius 2 is 1.90 bits per heavy atom. The van der Waals surface area contributed by atoms with Gasteiger partial charge in [0.1, 0.15) is 0 Å². The molecule has 0 bridgehead atoms. The minimum absolute atomic E-state index is 0.573. The van der Waals surface area contributed by atoms with E-state index in [1.165, 1.54) is 71.1 Å². The van der Waals surface area contributed by atoms with Crippen molar-refractivity contribution in [2.75, 3.05) is 32.7 Å². The molecule has 2 nitrogen and oxygen atoms in total. The fourth-order valence-corrected chi connectivity index (χ4v) is 4.33. The zero-order valence-electron chi connectivity index (χ0n) is 14.1. The molecule has 1 aliphatic heterocycles. The molecular weight excluding hydrogens is 244 g/mol. The number of likely N-dealkylation sites (tertiary alicyclic amines) is 1. The first kappa shape index (κ1) is 16.3. The summed E-state index contributed by atoms with van der Waals surface area (Å²) in [7, 11) is 0. The lowest BCUT2D eigenvalue weighted by Crippen LogP contribution is -2.45. The highest BCUT2D eigenvalue weighted by molar-refractivity contribution is 4.91. The van der Waals surface area contributed by atoms with Crippen LogP contribution in [0.15, 0.2) is 0 Å². The fourth-order valence-electron chi connectivity index (χ4n) is 4.33. The molecule has 1 saturated heterocycles. The molecule has 1 saturated carbocycles. The van der Waals surface area contributed by atoms with Crippen molar-refractivity contribution < 1.29 is 0 Å². The number of rotatable bonds is 7. The Morgan fingerprint density at radius 1 is 1.15 bits per heavy atom. The molecule has 1 heterocycles. The van der Waals surface area contributed by atoms with Crippen LogP contribution in [-0.2, 0) is 0 Å². The molecule has 0 aromatic carbocycles. The molecule has 0 radical (unpaired) electrons. The minimum atomic E-state index is 0.573. The smallest absolute Gasteiger partial charge is 0.00503 e. The van der Waals surface area contributed by atoms with Crippen molar-refractivity contribution in [1.82, 2.24) is 10.2 Å². The van der Waals surface area contributed by atoms with Gasteiger partial charge in [0, 0.05) is 19.6 Å². The molecular formula is C18H36N2. The second-order valence-electron chi connectivity index (χ2n) is 7.64. The zero-order chi connectivity index (χ0) is 14.4. The van der Waals surface area contributed by atoms with Crippen molar-refractivity contribution in [1.29, 1.82) is 0 Å². The molecule has 2 fully saturated rings. The van der Waals surface area contributed by atoms with E-state index in [4.69, 9.17) is 0 Å². The highest BCUT2D eigenvalue weighted by atomic mass is 15.2. The molecule has 1 unspecified atom stereocenters. The average Bonchev–Trinajstić information content (AvgIpc) is 2.87. The summed E-state index contributed by atoms with van der Waals surface area (Å²) in [6, 6.07) is 0. The van der Waals surface area contributed by atoms with Crippen LogP contribution in [0.25, 0.3) is 0 Å². The Labute approximate surface area is 126 Å². The molecule has 0 spiro atoms. The topological polar surface area (TPSA) is 15.3 Å². The summed E-state index contributed by atoms with van der Waals surface area (Å²) in [5, 5.41) is 3.66. The van der Waals surface area contributed by atoms with Gasteiger partial charge in [0.15, 0.2) is 0 Å². The van der Waals surface area contributed by atoms with Gasteiger partial charge in [-0.15, -0.1) is 0 Å². The molecule has 1 atom stereocenters. The number of hydrogen-bond donors (Lipinski definition) is 1. The SMILES string of the molecule is CCCC1CCN(CC2(CNCC)CCC(C)CC2)C1. The maximum atomic E-state index is 3.66. The van der Waals surface area contributed by atoms with Crippen LogP contribution in [0.4, 0.5) is 0 Å². The number of nitrogens with one attached hydrogen (secondary N) is 1. The van der Waals surface area contributed by atoms with Crippen molar-refractivity contribution in [2.24, 2.45) is 17.3 Å². The van der Waals surface area contributed by atoms with Crippen molar-refractivity contribution in [3.63, 3.8) is 0 Å². The van der Waals surface area contributed by atoms with Gasteiger partial charge in [0.05, 0.1) is 0 Å². The van der Waals surface area contributed by atoms with Gasteiger partial charge in [-0.25, -0.2) is 0 Å². The van der Waals surface area contributed by atoms with Gasteiger partial charge < -0.3 is 10.2 Å². The molecule has 0 amide bonds. The largest absolute Gasteiger partial charge is 0.316 e. The van der Waals surface area contributed by atoms with E-state index in [1.807, 2.05) is 0 Å². The molecule has 20 heavy (non-hydrogen) atoms. The van der Waals surface area contributed by atoms with Crippen LogP contribution < -0.4 is 5.32 Å². The molecule has 2 aliphatic rings. The van der Waals surface area contributed by atoms with E-state index in [1.54, 1.807) is 0 Å². The van der Waals surface area contributed by atoms with E-state index < -0.39 is 0 Å². The lowest BCUT2D eigenvalue weighted by atomic mass is 9.70. The highest BCUT2D eigenvalue weighted by Crippen LogP contribution is 2.40. The van der Waals surface area contributed by atoms with Crippen molar-refractivity contribution in [3.8, 4) is 0 Å². The molecule has 0 aromatic rings. The van der Waals surface area contributed by atoms with Crippen LogP contribution in [-0.4, -0.2) is 37.6 Å². The molecule has 1 aliphatic carbocycles. The summed E-state index contributed by atoms with van der Waals surface area (Å²) >= 11 is 0. The second-order valence-corrected chi connectivity index (χ2v) is 7.64. The van der Waals surface area contributed by atoms with E-state index in [9.17, 15) is 0 Å². The first-order chi connectivity index (χ1) is 9.67. The third-order valence-corrected chi connectivity index (χ3v) is 5.71. The molecule has 2 rings (SSSR count). The Kier molecular flexibility index (Phi) is 6.35. The highest BCUT2D eigenvalue weighted by Gasteiger charge is 2.37. The first-order valence-corrected chi connectivity index (χ1v) is 9.10. The first-order valence-electron chi connectivity index (χ1n) is 9.10. The molecule has 118 valence electrons. The molecule has 1 N–H and O–H groups in total. The van der Waals surface area contributed by atoms with Crippen LogP contribution in [0.5, 0.6) is 0 Å². The summed E-state index contributed by atoms with van der Waals surface area (Å²) in [5.74, 6) is 1.94. The van der Waals surface area contributed by atoms with Crippen molar-refractivity contribution in [2.45, 2.75) is 65.7 Å². The quantitative estimate of drug-likeness (QED) is 0.760. The van der Waals surface area contributed by atoms with Gasteiger partial charge in [-0.2, -0.15) is 0 Å². The fraction of sp³-hybridized carbons (Fsp3) is 1.00. The van der Waals surface area contributed by atoms with Crippen LogP contribution in [0, 0.1) is 17.3 Å². The van der Waals surface area contributed by atoms with E-state index in [0.29, 0.717) is 5.41 Å². The van der Waals surface area contributed by atoms with E-state index >= 15 is 0 Å². The maximum absolute atomic E-state index is 3.66. The Morgan fingerprint density at radius 3 is 2.55 bits per heavy atom. The average molecular weight is 281 g/mol. The Bertz CT molecular complexity index is 263. The Hall–Kier alpha value is -0.0800. The van der Waals surface area contributed by atoms with Crippen LogP contribution >= 0.6 is 0 Å².